The second kappa shape index (κ2) is 8.50. The zero-order chi connectivity index (χ0) is 19.4. The number of quaternary nitrogens is 1. The van der Waals surface area contributed by atoms with E-state index in [0.717, 1.165) is 31.9 Å². The lowest BCUT2D eigenvalue weighted by molar-refractivity contribution is -0.914. The first-order valence-corrected chi connectivity index (χ1v) is 9.39. The van der Waals surface area contributed by atoms with Crippen molar-refractivity contribution in [2.24, 2.45) is 0 Å². The summed E-state index contributed by atoms with van der Waals surface area (Å²) in [5.41, 5.74) is 1.51. The van der Waals surface area contributed by atoms with Gasteiger partial charge in [-0.1, -0.05) is 23.7 Å². The Kier molecular flexibility index (Phi) is 6.08. The summed E-state index contributed by atoms with van der Waals surface area (Å²) in [7, 11) is 1.56. The van der Waals surface area contributed by atoms with Crippen molar-refractivity contribution in [2.45, 2.75) is 13.0 Å². The molecular formula is C20H25ClN3O3+. The molecule has 6 nitrogen and oxygen atoms in total. The third-order valence-electron chi connectivity index (χ3n) is 5.05. The number of phenols is 1. The van der Waals surface area contributed by atoms with Crippen LogP contribution >= 0.6 is 11.6 Å². The predicted octanol–water partition coefficient (Wildman–Crippen LogP) is 1.79. The van der Waals surface area contributed by atoms with E-state index in [1.165, 1.54) is 4.90 Å². The van der Waals surface area contributed by atoms with E-state index >= 15 is 0 Å². The Hall–Kier alpha value is -2.44. The summed E-state index contributed by atoms with van der Waals surface area (Å²) < 4.78 is 5.13. The molecule has 1 aliphatic rings. The number of nitrogens with zero attached hydrogens (tertiary/aromatic N) is 1. The van der Waals surface area contributed by atoms with Crippen molar-refractivity contribution in [3.8, 4) is 11.5 Å². The zero-order valence-electron chi connectivity index (χ0n) is 15.5. The van der Waals surface area contributed by atoms with Gasteiger partial charge in [-0.2, -0.15) is 0 Å². The monoisotopic (exact) mass is 390 g/mol. The van der Waals surface area contributed by atoms with Crippen LogP contribution in [-0.2, 0) is 4.79 Å². The lowest BCUT2D eigenvalue weighted by atomic mass is 10.2. The van der Waals surface area contributed by atoms with Crippen LogP contribution in [0.2, 0.25) is 5.02 Å². The van der Waals surface area contributed by atoms with E-state index in [4.69, 9.17) is 16.3 Å². The van der Waals surface area contributed by atoms with E-state index < -0.39 is 0 Å². The summed E-state index contributed by atoms with van der Waals surface area (Å²) in [5.74, 6) is 0.832. The zero-order valence-corrected chi connectivity index (χ0v) is 16.3. The number of hydrogen-bond acceptors (Lipinski definition) is 4. The molecule has 1 aliphatic heterocycles. The van der Waals surface area contributed by atoms with Gasteiger partial charge in [-0.25, -0.2) is 0 Å². The van der Waals surface area contributed by atoms with E-state index in [1.807, 2.05) is 25.1 Å². The summed E-state index contributed by atoms with van der Waals surface area (Å²) in [6.45, 7) is 5.17. The van der Waals surface area contributed by atoms with Crippen LogP contribution in [0.1, 0.15) is 6.92 Å². The van der Waals surface area contributed by atoms with Gasteiger partial charge < -0.3 is 25.0 Å². The summed E-state index contributed by atoms with van der Waals surface area (Å²) in [6.07, 6.45) is 0. The van der Waals surface area contributed by atoms with Crippen LogP contribution in [0.4, 0.5) is 11.4 Å². The number of carbonyl (C=O) groups excluding carboxylic acids is 1. The van der Waals surface area contributed by atoms with Crippen LogP contribution < -0.4 is 19.9 Å². The number of para-hydroxylation sites is 2. The molecule has 0 saturated carbocycles. The van der Waals surface area contributed by atoms with Gasteiger partial charge in [0.1, 0.15) is 11.5 Å². The molecule has 2 aromatic rings. The number of nitrogens with one attached hydrogen (secondary N) is 2. The Morgan fingerprint density at radius 2 is 1.96 bits per heavy atom. The summed E-state index contributed by atoms with van der Waals surface area (Å²) in [5, 5.41) is 13.4. The van der Waals surface area contributed by atoms with Crippen LogP contribution in [0.3, 0.4) is 0 Å². The lowest BCUT2D eigenvalue weighted by Gasteiger charge is -2.36. The number of anilines is 2. The molecule has 0 radical (unpaired) electrons. The highest BCUT2D eigenvalue weighted by molar-refractivity contribution is 6.32. The van der Waals surface area contributed by atoms with Crippen LogP contribution in [0.5, 0.6) is 11.5 Å². The third-order valence-corrected chi connectivity index (χ3v) is 5.35. The first-order valence-electron chi connectivity index (χ1n) is 9.01. The molecule has 27 heavy (non-hydrogen) atoms. The van der Waals surface area contributed by atoms with Gasteiger partial charge in [0.15, 0.2) is 6.04 Å². The number of benzene rings is 2. The minimum atomic E-state index is -0.183. The molecule has 0 aromatic heterocycles. The normalized spacial score (nSPS) is 16.0. The fourth-order valence-corrected chi connectivity index (χ4v) is 3.64. The molecule has 0 bridgehead atoms. The maximum atomic E-state index is 12.6. The Balaban J connectivity index is 1.57. The highest BCUT2D eigenvalue weighted by atomic mass is 35.5. The second-order valence-corrected chi connectivity index (χ2v) is 7.10. The Morgan fingerprint density at radius 1 is 1.26 bits per heavy atom. The van der Waals surface area contributed by atoms with E-state index in [2.05, 4.69) is 10.2 Å². The molecule has 1 atom stereocenters. The molecule has 0 aliphatic carbocycles. The molecular weight excluding hydrogens is 366 g/mol. The molecule has 1 saturated heterocycles. The number of carbonyl (C=O) groups is 1. The molecule has 1 fully saturated rings. The number of amides is 1. The van der Waals surface area contributed by atoms with Crippen LogP contribution in [0.25, 0.3) is 0 Å². The van der Waals surface area contributed by atoms with E-state index in [1.54, 1.807) is 31.4 Å². The highest BCUT2D eigenvalue weighted by Gasteiger charge is 2.30. The second-order valence-electron chi connectivity index (χ2n) is 6.69. The van der Waals surface area contributed by atoms with Crippen molar-refractivity contribution in [1.82, 2.24) is 0 Å². The first kappa shape index (κ1) is 19.3. The van der Waals surface area contributed by atoms with Gasteiger partial charge in [0.05, 0.1) is 44.0 Å². The van der Waals surface area contributed by atoms with Crippen molar-refractivity contribution < 1.29 is 19.5 Å². The van der Waals surface area contributed by atoms with Crippen molar-refractivity contribution in [3.05, 3.63) is 47.5 Å². The maximum absolute atomic E-state index is 12.6. The van der Waals surface area contributed by atoms with Gasteiger partial charge in [-0.15, -0.1) is 0 Å². The van der Waals surface area contributed by atoms with Gasteiger partial charge in [-0.05, 0) is 37.3 Å². The molecule has 1 heterocycles. The fraction of sp³-hybridized carbons (Fsp3) is 0.350. The summed E-state index contributed by atoms with van der Waals surface area (Å²) in [4.78, 5) is 16.0. The summed E-state index contributed by atoms with van der Waals surface area (Å²) >= 11 is 6.12. The Labute approximate surface area is 164 Å². The molecule has 144 valence electrons. The van der Waals surface area contributed by atoms with E-state index in [-0.39, 0.29) is 11.9 Å². The molecule has 3 rings (SSSR count). The SMILES string of the molecule is COc1ccc(NC(=O)[C@H](C)[NH+]2CCN(c3ccccc3O)CC2)cc1Cl. The van der Waals surface area contributed by atoms with Crippen LogP contribution in [-0.4, -0.2) is 50.3 Å². The van der Waals surface area contributed by atoms with Gasteiger partial charge >= 0.3 is 0 Å². The largest absolute Gasteiger partial charge is 0.506 e. The molecule has 0 spiro atoms. The first-order chi connectivity index (χ1) is 13.0. The quantitative estimate of drug-likeness (QED) is 0.728. The van der Waals surface area contributed by atoms with Crippen LogP contribution in [0, 0.1) is 0 Å². The van der Waals surface area contributed by atoms with Gasteiger partial charge in [-0.3, -0.25) is 4.79 Å². The van der Waals surface area contributed by atoms with Crippen molar-refractivity contribution in [3.63, 3.8) is 0 Å². The Morgan fingerprint density at radius 3 is 2.59 bits per heavy atom. The number of phenolic OH excluding ortho intramolecular Hbond substituents is 1. The van der Waals surface area contributed by atoms with Crippen molar-refractivity contribution >= 4 is 28.9 Å². The topological polar surface area (TPSA) is 66.2 Å². The molecule has 2 aromatic carbocycles. The van der Waals surface area contributed by atoms with Crippen LogP contribution in [0.15, 0.2) is 42.5 Å². The maximum Gasteiger partial charge on any atom is 0.282 e. The smallest absolute Gasteiger partial charge is 0.282 e. The van der Waals surface area contributed by atoms with Gasteiger partial charge in [0, 0.05) is 5.69 Å². The van der Waals surface area contributed by atoms with Crippen molar-refractivity contribution in [2.75, 3.05) is 43.5 Å². The van der Waals surface area contributed by atoms with Crippen molar-refractivity contribution in [1.29, 1.82) is 0 Å². The minimum Gasteiger partial charge on any atom is -0.506 e. The fourth-order valence-electron chi connectivity index (χ4n) is 3.38. The standard InChI is InChI=1S/C20H24ClN3O3/c1-14(20(26)22-15-7-8-19(27-2)16(21)13-15)23-9-11-24(12-10-23)17-5-3-4-6-18(17)25/h3-8,13-14,25H,9-12H2,1-2H3,(H,22,26)/p+1/t14-/m0/s1. The number of methoxy groups -OCH3 is 1. The minimum absolute atomic E-state index is 0.0396. The lowest BCUT2D eigenvalue weighted by Crippen LogP contribution is -3.19. The van der Waals surface area contributed by atoms with E-state index in [0.29, 0.717) is 22.2 Å². The number of hydrogen-bond donors (Lipinski definition) is 3. The molecule has 7 heteroatoms. The molecule has 0 unspecified atom stereocenters. The van der Waals surface area contributed by atoms with Gasteiger partial charge in [0.25, 0.3) is 5.91 Å². The number of rotatable bonds is 5. The average Bonchev–Trinajstić information content (AvgIpc) is 2.68. The number of ether oxygens (including phenoxy) is 1. The third kappa shape index (κ3) is 4.46. The number of halogens is 1. The van der Waals surface area contributed by atoms with Gasteiger partial charge in [0.2, 0.25) is 0 Å². The summed E-state index contributed by atoms with van der Waals surface area (Å²) in [6, 6.07) is 12.4. The Bertz CT molecular complexity index is 807. The molecule has 3 N–H and O–H groups in total. The number of aromatic hydroxyl groups is 1. The molecule has 1 amide bonds. The predicted molar refractivity (Wildman–Crippen MR) is 107 cm³/mol. The highest BCUT2D eigenvalue weighted by Crippen LogP contribution is 2.27. The average molecular weight is 391 g/mol. The van der Waals surface area contributed by atoms with E-state index in [9.17, 15) is 9.90 Å². The number of piperazine rings is 1.